The Bertz CT molecular complexity index is 584. The Hall–Kier alpha value is -1.86. The van der Waals surface area contributed by atoms with Crippen molar-refractivity contribution in [2.45, 2.75) is 20.3 Å². The fourth-order valence-corrected chi connectivity index (χ4v) is 2.36. The van der Waals surface area contributed by atoms with Gasteiger partial charge in [-0.3, -0.25) is 4.79 Å². The van der Waals surface area contributed by atoms with Crippen molar-refractivity contribution in [1.29, 1.82) is 0 Å². The third kappa shape index (κ3) is 3.17. The number of nitrogens with zero attached hydrogens (tertiary/aromatic N) is 1. The smallest absolute Gasteiger partial charge is 0.253 e. The van der Waals surface area contributed by atoms with Gasteiger partial charge in [0.15, 0.2) is 0 Å². The number of nitrogens with two attached hydrogens (primary N) is 1. The van der Waals surface area contributed by atoms with Crippen molar-refractivity contribution in [3.8, 4) is 11.8 Å². The van der Waals surface area contributed by atoms with Crippen LogP contribution in [0, 0.1) is 23.1 Å². The van der Waals surface area contributed by atoms with E-state index in [2.05, 4.69) is 25.7 Å². The van der Waals surface area contributed by atoms with Crippen LogP contribution < -0.4 is 5.73 Å². The molecule has 0 aromatic heterocycles. The molecule has 1 saturated heterocycles. The Morgan fingerprint density at radius 2 is 2.25 bits per heavy atom. The molecule has 1 aliphatic rings. The van der Waals surface area contributed by atoms with Crippen LogP contribution in [0.5, 0.6) is 0 Å². The zero-order valence-corrected chi connectivity index (χ0v) is 11.9. The van der Waals surface area contributed by atoms with Crippen molar-refractivity contribution in [1.82, 2.24) is 4.90 Å². The first kappa shape index (κ1) is 14.5. The highest BCUT2D eigenvalue weighted by Crippen LogP contribution is 2.29. The Morgan fingerprint density at radius 1 is 1.50 bits per heavy atom. The van der Waals surface area contributed by atoms with Crippen molar-refractivity contribution in [2.75, 3.05) is 19.6 Å². The number of rotatable bonds is 1. The fraction of sp³-hybridized carbons (Fsp3) is 0.438. The number of likely N-dealkylation sites (tertiary alicyclic amines) is 1. The van der Waals surface area contributed by atoms with Gasteiger partial charge in [-0.1, -0.05) is 25.7 Å². The van der Waals surface area contributed by atoms with Gasteiger partial charge in [0.1, 0.15) is 5.82 Å². The molecule has 0 bridgehead atoms. The molecule has 20 heavy (non-hydrogen) atoms. The first-order chi connectivity index (χ1) is 9.43. The average Bonchev–Trinajstić information content (AvgIpc) is 2.77. The molecule has 106 valence electrons. The van der Waals surface area contributed by atoms with Gasteiger partial charge in [0.05, 0.1) is 12.1 Å². The molecule has 2 rings (SSSR count). The summed E-state index contributed by atoms with van der Waals surface area (Å²) in [5.74, 6) is 4.65. The van der Waals surface area contributed by atoms with Crippen molar-refractivity contribution >= 4 is 5.91 Å². The summed E-state index contributed by atoms with van der Waals surface area (Å²) in [6.45, 7) is 5.88. The van der Waals surface area contributed by atoms with E-state index < -0.39 is 5.82 Å². The first-order valence-electron chi connectivity index (χ1n) is 6.71. The van der Waals surface area contributed by atoms with Crippen LogP contribution in [-0.2, 0) is 0 Å². The largest absolute Gasteiger partial charge is 0.338 e. The van der Waals surface area contributed by atoms with Crippen LogP contribution >= 0.6 is 0 Å². The minimum Gasteiger partial charge on any atom is -0.338 e. The summed E-state index contributed by atoms with van der Waals surface area (Å²) in [5, 5.41) is 0. The second kappa shape index (κ2) is 5.64. The molecule has 0 saturated carbocycles. The minimum absolute atomic E-state index is 0.118. The molecular formula is C16H19FN2O. The third-order valence-electron chi connectivity index (χ3n) is 3.51. The molecule has 2 N–H and O–H groups in total. The Labute approximate surface area is 119 Å². The van der Waals surface area contributed by atoms with Gasteiger partial charge in [0, 0.05) is 18.7 Å². The number of halogens is 1. The fourth-order valence-electron chi connectivity index (χ4n) is 2.36. The third-order valence-corrected chi connectivity index (χ3v) is 3.51. The predicted molar refractivity (Wildman–Crippen MR) is 76.6 cm³/mol. The molecule has 1 aromatic rings. The monoisotopic (exact) mass is 274 g/mol. The van der Waals surface area contributed by atoms with Crippen molar-refractivity contribution in [3.05, 3.63) is 35.1 Å². The maximum absolute atomic E-state index is 13.9. The molecule has 1 aromatic carbocycles. The highest BCUT2D eigenvalue weighted by Gasteiger charge is 2.32. The second-order valence-corrected chi connectivity index (χ2v) is 5.84. The summed E-state index contributed by atoms with van der Waals surface area (Å²) in [4.78, 5) is 14.1. The molecule has 0 radical (unpaired) electrons. The van der Waals surface area contributed by atoms with E-state index in [1.165, 1.54) is 12.1 Å². The highest BCUT2D eigenvalue weighted by atomic mass is 19.1. The van der Waals surface area contributed by atoms with Gasteiger partial charge in [0.2, 0.25) is 0 Å². The van der Waals surface area contributed by atoms with Gasteiger partial charge in [-0.25, -0.2) is 4.39 Å². The van der Waals surface area contributed by atoms with E-state index in [-0.39, 0.29) is 23.4 Å². The van der Waals surface area contributed by atoms with Gasteiger partial charge in [-0.2, -0.15) is 0 Å². The summed E-state index contributed by atoms with van der Waals surface area (Å²) < 4.78 is 13.9. The van der Waals surface area contributed by atoms with E-state index in [1.807, 2.05) is 0 Å². The summed E-state index contributed by atoms with van der Waals surface area (Å²) in [5.41, 5.74) is 6.04. The van der Waals surface area contributed by atoms with E-state index in [0.29, 0.717) is 12.1 Å². The lowest BCUT2D eigenvalue weighted by Gasteiger charge is -2.20. The van der Waals surface area contributed by atoms with Gasteiger partial charge in [-0.15, -0.1) is 0 Å². The zero-order valence-electron chi connectivity index (χ0n) is 11.9. The topological polar surface area (TPSA) is 46.3 Å². The van der Waals surface area contributed by atoms with E-state index in [0.717, 1.165) is 13.0 Å². The Kier molecular flexibility index (Phi) is 4.10. The molecule has 1 heterocycles. The van der Waals surface area contributed by atoms with Crippen LogP contribution in [-0.4, -0.2) is 30.4 Å². The van der Waals surface area contributed by atoms with Crippen LogP contribution in [0.15, 0.2) is 18.2 Å². The number of amides is 1. The lowest BCUT2D eigenvalue weighted by atomic mass is 9.93. The van der Waals surface area contributed by atoms with Crippen molar-refractivity contribution < 1.29 is 9.18 Å². The minimum atomic E-state index is -0.477. The molecule has 1 aliphatic heterocycles. The number of benzene rings is 1. The molecule has 0 aliphatic carbocycles. The van der Waals surface area contributed by atoms with Crippen LogP contribution in [0.1, 0.15) is 36.2 Å². The maximum Gasteiger partial charge on any atom is 0.253 e. The van der Waals surface area contributed by atoms with Crippen LogP contribution in [0.25, 0.3) is 0 Å². The molecule has 3 nitrogen and oxygen atoms in total. The molecule has 0 unspecified atom stereocenters. The predicted octanol–water partition coefficient (Wildman–Crippen LogP) is 2.01. The Balaban J connectivity index is 2.18. The average molecular weight is 274 g/mol. The number of carbonyl (C=O) groups excluding carboxylic acids is 1. The van der Waals surface area contributed by atoms with E-state index in [4.69, 9.17) is 5.73 Å². The standard InChI is InChI=1S/C16H19FN2O/c1-16(2)7-9-19(11-16)15(20)13-6-5-12(4-3-8-18)14(17)10-13/h5-6,10H,7-9,11,18H2,1-2H3. The summed E-state index contributed by atoms with van der Waals surface area (Å²) in [7, 11) is 0. The van der Waals surface area contributed by atoms with E-state index in [9.17, 15) is 9.18 Å². The van der Waals surface area contributed by atoms with Gasteiger partial charge in [0.25, 0.3) is 5.91 Å². The summed E-state index contributed by atoms with van der Waals surface area (Å²) in [6, 6.07) is 4.41. The van der Waals surface area contributed by atoms with Gasteiger partial charge < -0.3 is 10.6 Å². The van der Waals surface area contributed by atoms with Gasteiger partial charge >= 0.3 is 0 Å². The van der Waals surface area contributed by atoms with Crippen LogP contribution in [0.4, 0.5) is 4.39 Å². The maximum atomic E-state index is 13.9. The highest BCUT2D eigenvalue weighted by molar-refractivity contribution is 5.94. The molecule has 4 heteroatoms. The van der Waals surface area contributed by atoms with Gasteiger partial charge in [-0.05, 0) is 30.0 Å². The Morgan fingerprint density at radius 3 is 2.80 bits per heavy atom. The van der Waals surface area contributed by atoms with Crippen molar-refractivity contribution in [3.63, 3.8) is 0 Å². The van der Waals surface area contributed by atoms with Crippen molar-refractivity contribution in [2.24, 2.45) is 11.1 Å². The molecular weight excluding hydrogens is 255 g/mol. The quantitative estimate of drug-likeness (QED) is 0.796. The lowest BCUT2D eigenvalue weighted by Crippen LogP contribution is -2.30. The zero-order chi connectivity index (χ0) is 14.8. The molecule has 1 amide bonds. The molecule has 1 fully saturated rings. The molecule has 0 atom stereocenters. The molecule has 0 spiro atoms. The number of hydrogen-bond donors (Lipinski definition) is 1. The normalized spacial score (nSPS) is 16.7. The SMILES string of the molecule is CC1(C)CCN(C(=O)c2ccc(C#CCN)c(F)c2)C1. The second-order valence-electron chi connectivity index (χ2n) is 5.84. The summed E-state index contributed by atoms with van der Waals surface area (Å²) in [6.07, 6.45) is 0.973. The number of hydrogen-bond acceptors (Lipinski definition) is 2. The first-order valence-corrected chi connectivity index (χ1v) is 6.71. The van der Waals surface area contributed by atoms with Crippen LogP contribution in [0.2, 0.25) is 0 Å². The summed E-state index contributed by atoms with van der Waals surface area (Å²) >= 11 is 0. The van der Waals surface area contributed by atoms with E-state index in [1.54, 1.807) is 11.0 Å². The van der Waals surface area contributed by atoms with Crippen LogP contribution in [0.3, 0.4) is 0 Å². The lowest BCUT2D eigenvalue weighted by molar-refractivity contribution is 0.0778. The van der Waals surface area contributed by atoms with E-state index >= 15 is 0 Å². The number of carbonyl (C=O) groups is 1.